The Morgan fingerprint density at radius 2 is 1.69 bits per heavy atom. The van der Waals surface area contributed by atoms with E-state index in [9.17, 15) is 8.42 Å². The molecule has 1 aliphatic rings. The van der Waals surface area contributed by atoms with Crippen molar-refractivity contribution in [2.24, 2.45) is 5.92 Å². The van der Waals surface area contributed by atoms with E-state index in [4.69, 9.17) is 0 Å². The Bertz CT molecular complexity index is 784. The number of piperidine rings is 1. The molecule has 6 heteroatoms. The average molecular weight is 374 g/mol. The molecule has 1 aromatic heterocycles. The predicted octanol–water partition coefficient (Wildman–Crippen LogP) is 3.51. The molecule has 2 heterocycles. The molecule has 0 N–H and O–H groups in total. The maximum absolute atomic E-state index is 11.5. The average Bonchev–Trinajstić information content (AvgIpc) is 2.66. The molecule has 140 valence electrons. The minimum absolute atomic E-state index is 0.399. The van der Waals surface area contributed by atoms with E-state index >= 15 is 0 Å². The summed E-state index contributed by atoms with van der Waals surface area (Å²) in [6.07, 6.45) is 11.9. The first kappa shape index (κ1) is 18.8. The van der Waals surface area contributed by atoms with Gasteiger partial charge >= 0.3 is 0 Å². The zero-order valence-electron chi connectivity index (χ0n) is 15.3. The van der Waals surface area contributed by atoms with Crippen LogP contribution in [0.5, 0.6) is 0 Å². The first-order valence-electron chi connectivity index (χ1n) is 9.33. The van der Waals surface area contributed by atoms with Crippen LogP contribution in [-0.4, -0.2) is 37.7 Å². The lowest BCUT2D eigenvalue weighted by Gasteiger charge is -2.31. The third-order valence-corrected chi connectivity index (χ3v) is 6.26. The van der Waals surface area contributed by atoms with Crippen LogP contribution in [0.4, 0.5) is 5.95 Å². The van der Waals surface area contributed by atoms with E-state index in [0.717, 1.165) is 37.8 Å². The van der Waals surface area contributed by atoms with Gasteiger partial charge < -0.3 is 4.90 Å². The van der Waals surface area contributed by atoms with Crippen LogP contribution in [0.15, 0.2) is 47.6 Å². The summed E-state index contributed by atoms with van der Waals surface area (Å²) in [5.41, 5.74) is 1.22. The van der Waals surface area contributed by atoms with Crippen LogP contribution in [0.1, 0.15) is 37.7 Å². The summed E-state index contributed by atoms with van der Waals surface area (Å²) in [4.78, 5) is 11.3. The number of rotatable bonds is 7. The zero-order valence-corrected chi connectivity index (χ0v) is 16.2. The standard InChI is InChI=1S/C20H27N3O2S/c1-26(24,25)19-9-7-17(8-10-19)5-2-3-6-18-11-15-23(16-12-18)20-21-13-4-14-22-20/h4,7-10,13-14,18H,2-3,5-6,11-12,15-16H2,1H3. The number of hydrogen-bond donors (Lipinski definition) is 0. The topological polar surface area (TPSA) is 63.2 Å². The summed E-state index contributed by atoms with van der Waals surface area (Å²) in [5.74, 6) is 1.64. The summed E-state index contributed by atoms with van der Waals surface area (Å²) in [6, 6.07) is 9.16. The van der Waals surface area contributed by atoms with Gasteiger partial charge in [0.2, 0.25) is 5.95 Å². The lowest BCUT2D eigenvalue weighted by molar-refractivity contribution is 0.367. The van der Waals surface area contributed by atoms with Crippen molar-refractivity contribution < 1.29 is 8.42 Å². The maximum Gasteiger partial charge on any atom is 0.225 e. The molecule has 1 saturated heterocycles. The van der Waals surface area contributed by atoms with Gasteiger partial charge in [-0.25, -0.2) is 18.4 Å². The van der Waals surface area contributed by atoms with E-state index in [1.165, 1.54) is 37.5 Å². The zero-order chi connectivity index (χ0) is 18.4. The minimum Gasteiger partial charge on any atom is -0.341 e. The number of unbranched alkanes of at least 4 members (excludes halogenated alkanes) is 1. The molecule has 1 fully saturated rings. The van der Waals surface area contributed by atoms with Crippen molar-refractivity contribution >= 4 is 15.8 Å². The lowest BCUT2D eigenvalue weighted by Crippen LogP contribution is -2.34. The van der Waals surface area contributed by atoms with Crippen LogP contribution < -0.4 is 4.90 Å². The Morgan fingerprint density at radius 3 is 2.31 bits per heavy atom. The summed E-state index contributed by atoms with van der Waals surface area (Å²) < 4.78 is 23.0. The van der Waals surface area contributed by atoms with Gasteiger partial charge in [0.1, 0.15) is 0 Å². The van der Waals surface area contributed by atoms with Crippen LogP contribution in [0.25, 0.3) is 0 Å². The number of sulfone groups is 1. The number of benzene rings is 1. The van der Waals surface area contributed by atoms with Crippen molar-refractivity contribution in [3.8, 4) is 0 Å². The van der Waals surface area contributed by atoms with Gasteiger partial charge in [-0.15, -0.1) is 0 Å². The van der Waals surface area contributed by atoms with E-state index < -0.39 is 9.84 Å². The molecule has 26 heavy (non-hydrogen) atoms. The van der Waals surface area contributed by atoms with E-state index in [1.54, 1.807) is 24.5 Å². The van der Waals surface area contributed by atoms with Crippen LogP contribution in [0.2, 0.25) is 0 Å². The van der Waals surface area contributed by atoms with E-state index in [-0.39, 0.29) is 0 Å². The van der Waals surface area contributed by atoms with E-state index in [0.29, 0.717) is 4.90 Å². The molecule has 0 amide bonds. The molecule has 0 spiro atoms. The second-order valence-corrected chi connectivity index (χ2v) is 9.16. The highest BCUT2D eigenvalue weighted by Crippen LogP contribution is 2.25. The molecule has 3 rings (SSSR count). The fraction of sp³-hybridized carbons (Fsp3) is 0.500. The van der Waals surface area contributed by atoms with Crippen LogP contribution in [-0.2, 0) is 16.3 Å². The highest BCUT2D eigenvalue weighted by atomic mass is 32.2. The van der Waals surface area contributed by atoms with Crippen molar-refractivity contribution in [1.29, 1.82) is 0 Å². The molecule has 0 bridgehead atoms. The number of aromatic nitrogens is 2. The Labute approximate surface area is 156 Å². The van der Waals surface area contributed by atoms with Crippen molar-refractivity contribution in [2.45, 2.75) is 43.4 Å². The maximum atomic E-state index is 11.5. The van der Waals surface area contributed by atoms with Gasteiger partial charge in [-0.1, -0.05) is 25.0 Å². The number of nitrogens with zero attached hydrogens (tertiary/aromatic N) is 3. The summed E-state index contributed by atoms with van der Waals surface area (Å²) in [5, 5.41) is 0. The number of hydrogen-bond acceptors (Lipinski definition) is 5. The van der Waals surface area contributed by atoms with Crippen molar-refractivity contribution in [2.75, 3.05) is 24.2 Å². The van der Waals surface area contributed by atoms with Gasteiger partial charge in [0, 0.05) is 31.7 Å². The summed E-state index contributed by atoms with van der Waals surface area (Å²) >= 11 is 0. The molecule has 1 aromatic carbocycles. The van der Waals surface area contributed by atoms with Gasteiger partial charge in [-0.05, 0) is 55.4 Å². The third-order valence-electron chi connectivity index (χ3n) is 5.13. The van der Waals surface area contributed by atoms with E-state index in [2.05, 4.69) is 14.9 Å². The molecule has 0 unspecified atom stereocenters. The largest absolute Gasteiger partial charge is 0.341 e. The van der Waals surface area contributed by atoms with Crippen LogP contribution in [0, 0.1) is 5.92 Å². The van der Waals surface area contributed by atoms with Gasteiger partial charge in [0.25, 0.3) is 0 Å². The molecular formula is C20H27N3O2S. The normalized spacial score (nSPS) is 16.0. The Morgan fingerprint density at radius 1 is 1.04 bits per heavy atom. The number of anilines is 1. The molecule has 5 nitrogen and oxygen atoms in total. The molecule has 0 saturated carbocycles. The minimum atomic E-state index is -3.10. The Kier molecular flexibility index (Phi) is 6.25. The number of aryl methyl sites for hydroxylation is 1. The van der Waals surface area contributed by atoms with Crippen molar-refractivity contribution in [3.05, 3.63) is 48.3 Å². The predicted molar refractivity (Wildman–Crippen MR) is 104 cm³/mol. The molecule has 0 atom stereocenters. The first-order valence-corrected chi connectivity index (χ1v) is 11.2. The van der Waals surface area contributed by atoms with E-state index in [1.807, 2.05) is 18.2 Å². The van der Waals surface area contributed by atoms with Crippen LogP contribution in [0.3, 0.4) is 0 Å². The third kappa shape index (κ3) is 5.27. The van der Waals surface area contributed by atoms with Crippen molar-refractivity contribution in [3.63, 3.8) is 0 Å². The Hall–Kier alpha value is -1.95. The van der Waals surface area contributed by atoms with Gasteiger partial charge in [-0.3, -0.25) is 0 Å². The van der Waals surface area contributed by atoms with Crippen molar-refractivity contribution in [1.82, 2.24) is 9.97 Å². The lowest BCUT2D eigenvalue weighted by atomic mass is 9.91. The highest BCUT2D eigenvalue weighted by Gasteiger charge is 2.20. The highest BCUT2D eigenvalue weighted by molar-refractivity contribution is 7.90. The molecule has 1 aliphatic heterocycles. The second kappa shape index (κ2) is 8.62. The van der Waals surface area contributed by atoms with Gasteiger partial charge in [0.15, 0.2) is 9.84 Å². The molecular weight excluding hydrogens is 346 g/mol. The first-order chi connectivity index (χ1) is 12.5. The second-order valence-electron chi connectivity index (χ2n) is 7.14. The molecule has 0 radical (unpaired) electrons. The monoisotopic (exact) mass is 373 g/mol. The summed E-state index contributed by atoms with van der Waals surface area (Å²) in [6.45, 7) is 2.09. The van der Waals surface area contributed by atoms with Crippen LogP contribution >= 0.6 is 0 Å². The molecule has 2 aromatic rings. The smallest absolute Gasteiger partial charge is 0.225 e. The fourth-order valence-corrected chi connectivity index (χ4v) is 4.17. The summed E-state index contributed by atoms with van der Waals surface area (Å²) in [7, 11) is -3.10. The van der Waals surface area contributed by atoms with Gasteiger partial charge in [0.05, 0.1) is 4.90 Å². The fourth-order valence-electron chi connectivity index (χ4n) is 3.54. The van der Waals surface area contributed by atoms with Gasteiger partial charge in [-0.2, -0.15) is 0 Å². The quantitative estimate of drug-likeness (QED) is 0.695. The SMILES string of the molecule is CS(=O)(=O)c1ccc(CCCCC2CCN(c3ncccn3)CC2)cc1. The Balaban J connectivity index is 1.36. The molecule has 0 aliphatic carbocycles.